The maximum Gasteiger partial charge on any atom is 0.339 e. The second kappa shape index (κ2) is 6.64. The maximum atomic E-state index is 11.2. The van der Waals surface area contributed by atoms with Crippen molar-refractivity contribution in [1.82, 2.24) is 0 Å². The quantitative estimate of drug-likeness (QED) is 0.867. The fraction of sp³-hybridized carbons (Fsp3) is 0.235. The number of benzene rings is 2. The van der Waals surface area contributed by atoms with Crippen molar-refractivity contribution in [3.63, 3.8) is 0 Å². The van der Waals surface area contributed by atoms with Gasteiger partial charge in [0.1, 0.15) is 17.9 Å². The number of carbonyl (C=O) groups is 1. The average Bonchev–Trinajstić information content (AvgIpc) is 2.46. The van der Waals surface area contributed by atoms with Crippen LogP contribution in [0.4, 0.5) is 0 Å². The fourth-order valence-corrected chi connectivity index (χ4v) is 2.13. The van der Waals surface area contributed by atoms with Gasteiger partial charge in [-0.2, -0.15) is 0 Å². The molecule has 0 atom stereocenters. The van der Waals surface area contributed by atoms with Crippen LogP contribution in [0.25, 0.3) is 0 Å². The molecule has 0 saturated carbocycles. The van der Waals surface area contributed by atoms with Crippen molar-refractivity contribution < 1.29 is 14.6 Å². The summed E-state index contributed by atoms with van der Waals surface area (Å²) < 4.78 is 5.60. The summed E-state index contributed by atoms with van der Waals surface area (Å²) in [4.78, 5) is 11.2. The molecule has 0 amide bonds. The van der Waals surface area contributed by atoms with Gasteiger partial charge in [-0.25, -0.2) is 4.79 Å². The highest BCUT2D eigenvalue weighted by Crippen LogP contribution is 2.24. The van der Waals surface area contributed by atoms with Crippen molar-refractivity contribution in [2.24, 2.45) is 0 Å². The summed E-state index contributed by atoms with van der Waals surface area (Å²) in [6.45, 7) is 4.59. The molecule has 2 aromatic carbocycles. The Morgan fingerprint density at radius 2 is 1.86 bits per heavy atom. The molecule has 0 aromatic heterocycles. The van der Waals surface area contributed by atoms with Crippen LogP contribution < -0.4 is 4.74 Å². The number of halogens is 1. The topological polar surface area (TPSA) is 46.5 Å². The van der Waals surface area contributed by atoms with Crippen LogP contribution in [0.3, 0.4) is 0 Å². The lowest BCUT2D eigenvalue weighted by Crippen LogP contribution is -2.03. The highest BCUT2D eigenvalue weighted by Gasteiger charge is 2.12. The van der Waals surface area contributed by atoms with E-state index in [2.05, 4.69) is 26.0 Å². The van der Waals surface area contributed by atoms with Gasteiger partial charge in [-0.15, -0.1) is 0 Å². The van der Waals surface area contributed by atoms with Gasteiger partial charge < -0.3 is 9.84 Å². The summed E-state index contributed by atoms with van der Waals surface area (Å²) >= 11 is 5.81. The molecule has 2 aromatic rings. The average molecular weight is 305 g/mol. The standard InChI is InChI=1S/C17H17ClO3/c1-11(2)13-5-3-12(4-6-13)10-21-16-8-7-14(18)9-15(16)17(19)20/h3-9,11H,10H2,1-2H3,(H,19,20). The van der Waals surface area contributed by atoms with Gasteiger partial charge in [0.05, 0.1) is 0 Å². The van der Waals surface area contributed by atoms with E-state index >= 15 is 0 Å². The predicted octanol–water partition coefficient (Wildman–Crippen LogP) is 4.74. The number of hydrogen-bond donors (Lipinski definition) is 1. The number of rotatable bonds is 5. The summed E-state index contributed by atoms with van der Waals surface area (Å²) in [6.07, 6.45) is 0. The third kappa shape index (κ3) is 3.99. The van der Waals surface area contributed by atoms with E-state index in [1.807, 2.05) is 12.1 Å². The molecule has 0 unspecified atom stereocenters. The zero-order valence-corrected chi connectivity index (χ0v) is 12.7. The Morgan fingerprint density at radius 3 is 2.43 bits per heavy atom. The molecule has 0 aliphatic rings. The van der Waals surface area contributed by atoms with Gasteiger partial charge in [-0.05, 0) is 35.2 Å². The second-order valence-electron chi connectivity index (χ2n) is 5.13. The Hall–Kier alpha value is -2.00. The zero-order valence-electron chi connectivity index (χ0n) is 12.0. The predicted molar refractivity (Wildman–Crippen MR) is 83.3 cm³/mol. The fourth-order valence-electron chi connectivity index (χ4n) is 1.96. The summed E-state index contributed by atoms with van der Waals surface area (Å²) in [5.41, 5.74) is 2.32. The lowest BCUT2D eigenvalue weighted by atomic mass is 10.0. The first kappa shape index (κ1) is 15.4. The second-order valence-corrected chi connectivity index (χ2v) is 5.57. The van der Waals surface area contributed by atoms with Gasteiger partial charge in [0.15, 0.2) is 0 Å². The minimum atomic E-state index is -1.05. The van der Waals surface area contributed by atoms with Gasteiger partial charge in [-0.3, -0.25) is 0 Å². The third-order valence-electron chi connectivity index (χ3n) is 3.21. The van der Waals surface area contributed by atoms with Crippen LogP contribution in [0, 0.1) is 0 Å². The number of hydrogen-bond acceptors (Lipinski definition) is 2. The van der Waals surface area contributed by atoms with E-state index in [-0.39, 0.29) is 5.56 Å². The SMILES string of the molecule is CC(C)c1ccc(COc2ccc(Cl)cc2C(=O)O)cc1. The lowest BCUT2D eigenvalue weighted by molar-refractivity contribution is 0.0691. The first-order valence-corrected chi connectivity index (χ1v) is 7.09. The molecule has 0 aliphatic heterocycles. The molecule has 3 nitrogen and oxygen atoms in total. The maximum absolute atomic E-state index is 11.2. The van der Waals surface area contributed by atoms with E-state index in [0.717, 1.165) is 5.56 Å². The van der Waals surface area contributed by atoms with E-state index in [0.29, 0.717) is 23.3 Å². The summed E-state index contributed by atoms with van der Waals surface area (Å²) in [7, 11) is 0. The van der Waals surface area contributed by atoms with Crippen LogP contribution in [0.15, 0.2) is 42.5 Å². The van der Waals surface area contributed by atoms with Gasteiger partial charge in [0.2, 0.25) is 0 Å². The largest absolute Gasteiger partial charge is 0.488 e. The molecule has 110 valence electrons. The highest BCUT2D eigenvalue weighted by atomic mass is 35.5. The van der Waals surface area contributed by atoms with Crippen molar-refractivity contribution in [2.75, 3.05) is 0 Å². The molecular formula is C17H17ClO3. The molecule has 0 spiro atoms. The molecule has 0 saturated heterocycles. The molecule has 2 rings (SSSR count). The van der Waals surface area contributed by atoms with Crippen LogP contribution in [0.2, 0.25) is 5.02 Å². The molecule has 0 heterocycles. The Bertz CT molecular complexity index is 633. The van der Waals surface area contributed by atoms with Crippen molar-refractivity contribution in [1.29, 1.82) is 0 Å². The van der Waals surface area contributed by atoms with Gasteiger partial charge in [-0.1, -0.05) is 49.7 Å². The smallest absolute Gasteiger partial charge is 0.339 e. The van der Waals surface area contributed by atoms with Crippen molar-refractivity contribution in [3.05, 3.63) is 64.2 Å². The normalized spacial score (nSPS) is 10.7. The minimum absolute atomic E-state index is 0.0706. The van der Waals surface area contributed by atoms with Gasteiger partial charge >= 0.3 is 5.97 Å². The third-order valence-corrected chi connectivity index (χ3v) is 3.45. The van der Waals surface area contributed by atoms with Crippen LogP contribution in [0.1, 0.15) is 41.3 Å². The van der Waals surface area contributed by atoms with Crippen LogP contribution in [0.5, 0.6) is 5.75 Å². The van der Waals surface area contributed by atoms with E-state index in [1.54, 1.807) is 12.1 Å². The summed E-state index contributed by atoms with van der Waals surface area (Å²) in [5.74, 6) is -0.252. The lowest BCUT2D eigenvalue weighted by Gasteiger charge is -2.11. The minimum Gasteiger partial charge on any atom is -0.488 e. The van der Waals surface area contributed by atoms with Crippen LogP contribution in [-0.2, 0) is 6.61 Å². The monoisotopic (exact) mass is 304 g/mol. The zero-order chi connectivity index (χ0) is 15.4. The molecule has 0 aliphatic carbocycles. The van der Waals surface area contributed by atoms with Crippen molar-refractivity contribution >= 4 is 17.6 Å². The molecule has 4 heteroatoms. The number of carboxylic acids is 1. The number of carboxylic acid groups (broad SMARTS) is 1. The highest BCUT2D eigenvalue weighted by molar-refractivity contribution is 6.31. The first-order valence-electron chi connectivity index (χ1n) is 6.72. The van der Waals surface area contributed by atoms with Crippen LogP contribution >= 0.6 is 11.6 Å². The van der Waals surface area contributed by atoms with E-state index in [9.17, 15) is 4.79 Å². The summed E-state index contributed by atoms with van der Waals surface area (Å²) in [5, 5.41) is 9.52. The van der Waals surface area contributed by atoms with Crippen molar-refractivity contribution in [2.45, 2.75) is 26.4 Å². The Morgan fingerprint density at radius 1 is 1.19 bits per heavy atom. The number of aromatic carboxylic acids is 1. The van der Waals surface area contributed by atoms with E-state index in [1.165, 1.54) is 11.6 Å². The van der Waals surface area contributed by atoms with E-state index in [4.69, 9.17) is 21.4 Å². The molecular weight excluding hydrogens is 288 g/mol. The van der Waals surface area contributed by atoms with Crippen LogP contribution in [-0.4, -0.2) is 11.1 Å². The Balaban J connectivity index is 2.11. The Kier molecular flexibility index (Phi) is 4.86. The summed E-state index contributed by atoms with van der Waals surface area (Å²) in [6, 6.07) is 12.7. The molecule has 0 bridgehead atoms. The molecule has 21 heavy (non-hydrogen) atoms. The first-order chi connectivity index (χ1) is 9.97. The van der Waals surface area contributed by atoms with E-state index < -0.39 is 5.97 Å². The van der Waals surface area contributed by atoms with Crippen molar-refractivity contribution in [3.8, 4) is 5.75 Å². The van der Waals surface area contributed by atoms with Gasteiger partial charge in [0, 0.05) is 5.02 Å². The van der Waals surface area contributed by atoms with Gasteiger partial charge in [0.25, 0.3) is 0 Å². The molecule has 1 N–H and O–H groups in total. The Labute approximate surface area is 129 Å². The molecule has 0 radical (unpaired) electrons. The molecule has 0 fully saturated rings. The number of ether oxygens (including phenoxy) is 1.